The zero-order valence-corrected chi connectivity index (χ0v) is 12.4. The molecule has 0 amide bonds. The first-order chi connectivity index (χ1) is 8.82. The zero-order valence-electron chi connectivity index (χ0n) is 11.6. The van der Waals surface area contributed by atoms with Crippen LogP contribution in [0.1, 0.15) is 13.8 Å². The van der Waals surface area contributed by atoms with Gasteiger partial charge in [-0.3, -0.25) is 0 Å². The predicted molar refractivity (Wildman–Crippen MR) is 70.9 cm³/mol. The summed E-state index contributed by atoms with van der Waals surface area (Å²) in [7, 11) is -2.03. The Morgan fingerprint density at radius 1 is 1.26 bits per heavy atom. The van der Waals surface area contributed by atoms with Gasteiger partial charge in [-0.05, 0) is 13.8 Å². The van der Waals surface area contributed by atoms with E-state index in [0.29, 0.717) is 26.2 Å². The summed E-state index contributed by atoms with van der Waals surface area (Å²) in [6.45, 7) is 5.35. The van der Waals surface area contributed by atoms with Crippen molar-refractivity contribution in [2.24, 2.45) is 0 Å². The molecule has 0 aromatic rings. The second-order valence-corrected chi connectivity index (χ2v) is 7.38. The van der Waals surface area contributed by atoms with Crippen LogP contribution in [-0.2, 0) is 14.9 Å². The second-order valence-electron chi connectivity index (χ2n) is 5.39. The lowest BCUT2D eigenvalue weighted by Gasteiger charge is -2.38. The molecule has 2 fully saturated rings. The fraction of sp³-hybridized carbons (Fsp3) is 1.00. The zero-order chi connectivity index (χ0) is 14.2. The lowest BCUT2D eigenvalue weighted by molar-refractivity contribution is -0.0458. The first-order valence-corrected chi connectivity index (χ1v) is 7.99. The Labute approximate surface area is 114 Å². The van der Waals surface area contributed by atoms with Gasteiger partial charge >= 0.3 is 0 Å². The van der Waals surface area contributed by atoms with Gasteiger partial charge in [0, 0.05) is 33.2 Å². The highest BCUT2D eigenvalue weighted by Crippen LogP contribution is 2.20. The first-order valence-electron chi connectivity index (χ1n) is 6.59. The van der Waals surface area contributed by atoms with Crippen LogP contribution in [0.2, 0.25) is 0 Å². The summed E-state index contributed by atoms with van der Waals surface area (Å²) in [6, 6.07) is -0.404. The molecule has 0 bridgehead atoms. The number of aliphatic hydroxyl groups excluding tert-OH is 1. The van der Waals surface area contributed by atoms with E-state index in [4.69, 9.17) is 4.74 Å². The summed E-state index contributed by atoms with van der Waals surface area (Å²) in [4.78, 5) is 0. The van der Waals surface area contributed by atoms with Gasteiger partial charge in [0.15, 0.2) is 0 Å². The smallest absolute Gasteiger partial charge is 0.282 e. The number of hydrogen-bond donors (Lipinski definition) is 2. The molecule has 2 unspecified atom stereocenters. The molecule has 112 valence electrons. The molecular weight excluding hydrogens is 270 g/mol. The molecule has 0 aliphatic carbocycles. The van der Waals surface area contributed by atoms with Crippen molar-refractivity contribution >= 4 is 10.2 Å². The molecule has 2 N–H and O–H groups in total. The van der Waals surface area contributed by atoms with E-state index in [9.17, 15) is 13.5 Å². The van der Waals surface area contributed by atoms with E-state index in [-0.39, 0.29) is 12.2 Å². The molecule has 0 aromatic heterocycles. The quantitative estimate of drug-likeness (QED) is 0.669. The maximum atomic E-state index is 12.6. The van der Waals surface area contributed by atoms with Gasteiger partial charge in [0.1, 0.15) is 0 Å². The van der Waals surface area contributed by atoms with Crippen LogP contribution in [0.25, 0.3) is 0 Å². The number of nitrogens with one attached hydrogen (secondary N) is 1. The number of aliphatic hydroxyl groups is 1. The Balaban J connectivity index is 2.12. The number of nitrogens with zero attached hydrogens (tertiary/aromatic N) is 2. The lowest BCUT2D eigenvalue weighted by atomic mass is 10.2. The Morgan fingerprint density at radius 3 is 2.32 bits per heavy atom. The Kier molecular flexibility index (Phi) is 4.49. The molecule has 8 heteroatoms. The molecule has 2 saturated heterocycles. The van der Waals surface area contributed by atoms with Crippen molar-refractivity contribution < 1.29 is 18.3 Å². The highest BCUT2D eigenvalue weighted by molar-refractivity contribution is 7.86. The minimum Gasteiger partial charge on any atom is -0.390 e. The Morgan fingerprint density at radius 2 is 1.84 bits per heavy atom. The fourth-order valence-corrected chi connectivity index (χ4v) is 4.41. The van der Waals surface area contributed by atoms with Gasteiger partial charge in [-0.25, -0.2) is 0 Å². The maximum absolute atomic E-state index is 12.6. The van der Waals surface area contributed by atoms with Gasteiger partial charge in [-0.15, -0.1) is 0 Å². The van der Waals surface area contributed by atoms with Gasteiger partial charge < -0.3 is 15.2 Å². The molecule has 0 saturated carbocycles. The third-order valence-corrected chi connectivity index (χ3v) is 5.64. The molecule has 2 heterocycles. The van der Waals surface area contributed by atoms with Crippen molar-refractivity contribution in [1.82, 2.24) is 13.9 Å². The number of β-amino-alcohol motifs (C(OH)–C–C–N with tert-alkyl or cyclic N) is 1. The lowest BCUT2D eigenvalue weighted by Crippen LogP contribution is -2.55. The normalized spacial score (nSPS) is 37.9. The number of hydrogen-bond acceptors (Lipinski definition) is 5. The molecule has 4 atom stereocenters. The van der Waals surface area contributed by atoms with Crippen LogP contribution < -0.4 is 5.32 Å². The van der Waals surface area contributed by atoms with E-state index in [2.05, 4.69) is 5.32 Å². The van der Waals surface area contributed by atoms with Crippen molar-refractivity contribution in [1.29, 1.82) is 0 Å². The third-order valence-electron chi connectivity index (χ3n) is 3.69. The Hall–Kier alpha value is -0.250. The van der Waals surface area contributed by atoms with Crippen molar-refractivity contribution in [3.8, 4) is 0 Å². The van der Waals surface area contributed by atoms with Crippen LogP contribution in [0.4, 0.5) is 0 Å². The number of rotatable bonds is 3. The second kappa shape index (κ2) is 5.63. The van der Waals surface area contributed by atoms with E-state index < -0.39 is 22.4 Å². The van der Waals surface area contributed by atoms with E-state index in [1.807, 2.05) is 13.8 Å². The summed E-state index contributed by atoms with van der Waals surface area (Å²) in [5, 5.41) is 12.8. The van der Waals surface area contributed by atoms with Crippen LogP contribution in [-0.4, -0.2) is 79.7 Å². The third kappa shape index (κ3) is 3.09. The van der Waals surface area contributed by atoms with Crippen LogP contribution >= 0.6 is 0 Å². The number of ether oxygens (including phenoxy) is 1. The molecule has 2 rings (SSSR count). The Bertz CT molecular complexity index is 398. The van der Waals surface area contributed by atoms with Crippen molar-refractivity contribution in [2.45, 2.75) is 38.2 Å². The van der Waals surface area contributed by atoms with E-state index >= 15 is 0 Å². The minimum absolute atomic E-state index is 0.112. The highest BCUT2D eigenvalue weighted by atomic mass is 32.2. The molecule has 19 heavy (non-hydrogen) atoms. The monoisotopic (exact) mass is 293 g/mol. The minimum atomic E-state index is -3.56. The molecule has 7 nitrogen and oxygen atoms in total. The predicted octanol–water partition coefficient (Wildman–Crippen LogP) is -1.40. The van der Waals surface area contributed by atoms with Crippen LogP contribution in [0, 0.1) is 0 Å². The van der Waals surface area contributed by atoms with Crippen LogP contribution in [0.3, 0.4) is 0 Å². The topological polar surface area (TPSA) is 82.1 Å². The summed E-state index contributed by atoms with van der Waals surface area (Å²) in [5.41, 5.74) is 0. The van der Waals surface area contributed by atoms with Crippen LogP contribution in [0.5, 0.6) is 0 Å². The molecular formula is C11H23N3O4S. The first kappa shape index (κ1) is 15.1. The molecule has 0 radical (unpaired) electrons. The standard InChI is InChI=1S/C11H23N3O4S/c1-8-6-14(7-9(2)18-8)19(16,17)13(3)10-4-12-5-11(10)15/h8-12,15H,4-7H2,1-3H3/t8?,9?,10-,11-/m1/s1. The van der Waals surface area contributed by atoms with E-state index in [1.54, 1.807) is 0 Å². The molecule has 0 spiro atoms. The number of morpholine rings is 1. The summed E-state index contributed by atoms with van der Waals surface area (Å²) >= 11 is 0. The van der Waals surface area contributed by atoms with Crippen molar-refractivity contribution in [3.63, 3.8) is 0 Å². The fourth-order valence-electron chi connectivity index (χ4n) is 2.69. The van der Waals surface area contributed by atoms with Crippen molar-refractivity contribution in [3.05, 3.63) is 0 Å². The summed E-state index contributed by atoms with van der Waals surface area (Å²) in [5.74, 6) is 0. The average molecular weight is 293 g/mol. The van der Waals surface area contributed by atoms with Gasteiger partial charge in [0.25, 0.3) is 10.2 Å². The summed E-state index contributed by atoms with van der Waals surface area (Å²) in [6.07, 6.45) is -0.882. The van der Waals surface area contributed by atoms with Gasteiger partial charge in [0.05, 0.1) is 24.4 Å². The van der Waals surface area contributed by atoms with E-state index in [0.717, 1.165) is 0 Å². The number of likely N-dealkylation sites (N-methyl/N-ethyl adjacent to an activating group) is 1. The van der Waals surface area contributed by atoms with E-state index in [1.165, 1.54) is 15.7 Å². The average Bonchev–Trinajstić information content (AvgIpc) is 2.73. The van der Waals surface area contributed by atoms with Crippen molar-refractivity contribution in [2.75, 3.05) is 33.2 Å². The van der Waals surface area contributed by atoms with Gasteiger partial charge in [-0.2, -0.15) is 17.0 Å². The summed E-state index contributed by atoms with van der Waals surface area (Å²) < 4.78 is 33.4. The molecule has 0 aromatic carbocycles. The SMILES string of the molecule is CC1CN(S(=O)(=O)N(C)[C@@H]2CNC[C@H]2O)CC(C)O1. The van der Waals surface area contributed by atoms with Gasteiger partial charge in [-0.1, -0.05) is 0 Å². The highest BCUT2D eigenvalue weighted by Gasteiger charge is 2.40. The molecule has 2 aliphatic heterocycles. The molecule has 2 aliphatic rings. The van der Waals surface area contributed by atoms with Crippen LogP contribution in [0.15, 0.2) is 0 Å². The van der Waals surface area contributed by atoms with Gasteiger partial charge in [0.2, 0.25) is 0 Å². The maximum Gasteiger partial charge on any atom is 0.282 e. The largest absolute Gasteiger partial charge is 0.390 e.